The second-order valence-corrected chi connectivity index (χ2v) is 7.91. The lowest BCUT2D eigenvalue weighted by molar-refractivity contribution is -0.385. The molecule has 2 aromatic carbocycles. The smallest absolute Gasteiger partial charge is 0.331 e. The van der Waals surface area contributed by atoms with E-state index in [0.717, 1.165) is 0 Å². The molecule has 0 aliphatic carbocycles. The van der Waals surface area contributed by atoms with Crippen molar-refractivity contribution in [2.45, 2.75) is 45.4 Å². The molecule has 31 heavy (non-hydrogen) atoms. The number of amides is 1. The van der Waals surface area contributed by atoms with Gasteiger partial charge in [0.25, 0.3) is 11.6 Å². The molecule has 1 unspecified atom stereocenters. The minimum absolute atomic E-state index is 0.248. The molecule has 0 bridgehead atoms. The van der Waals surface area contributed by atoms with Gasteiger partial charge in [-0.15, -0.1) is 0 Å². The molecule has 9 heteroatoms. The number of nitrogens with zero attached hydrogens (tertiary/aromatic N) is 1. The summed E-state index contributed by atoms with van der Waals surface area (Å²) in [4.78, 5) is 35.9. The fourth-order valence-electron chi connectivity index (χ4n) is 3.06. The van der Waals surface area contributed by atoms with E-state index in [0.29, 0.717) is 11.1 Å². The van der Waals surface area contributed by atoms with Gasteiger partial charge < -0.3 is 14.8 Å². The molecule has 2 aromatic rings. The molecule has 1 N–H and O–H groups in total. The van der Waals surface area contributed by atoms with Crippen LogP contribution in [0.4, 0.5) is 10.1 Å². The summed E-state index contributed by atoms with van der Waals surface area (Å²) in [6, 6.07) is 8.31. The molecule has 2 rings (SSSR count). The Labute approximate surface area is 179 Å². The van der Waals surface area contributed by atoms with Crippen LogP contribution in [0.15, 0.2) is 42.5 Å². The molecule has 0 radical (unpaired) electrons. The molecule has 2 atom stereocenters. The number of hydrogen-bond acceptors (Lipinski definition) is 6. The van der Waals surface area contributed by atoms with E-state index in [1.54, 1.807) is 33.8 Å². The van der Waals surface area contributed by atoms with Gasteiger partial charge in [-0.05, 0) is 57.0 Å². The van der Waals surface area contributed by atoms with Crippen molar-refractivity contribution >= 4 is 17.6 Å². The van der Waals surface area contributed by atoms with Crippen LogP contribution in [0.1, 0.15) is 38.1 Å². The first-order chi connectivity index (χ1) is 14.4. The second kappa shape index (κ2) is 9.65. The number of nitrogens with one attached hydrogen (secondary N) is 1. The third kappa shape index (κ3) is 6.32. The number of rotatable bonds is 7. The Kier molecular flexibility index (Phi) is 7.46. The van der Waals surface area contributed by atoms with Crippen molar-refractivity contribution in [2.75, 3.05) is 7.11 Å². The number of carbonyl (C=O) groups excluding carboxylic acids is 2. The molecule has 8 nitrogen and oxygen atoms in total. The van der Waals surface area contributed by atoms with Crippen LogP contribution in [-0.2, 0) is 14.3 Å². The number of hydrogen-bond donors (Lipinski definition) is 1. The molecule has 1 amide bonds. The molecule has 0 heterocycles. The van der Waals surface area contributed by atoms with Gasteiger partial charge in [0.15, 0.2) is 6.04 Å². The summed E-state index contributed by atoms with van der Waals surface area (Å²) in [6.07, 6.45) is -0.762. The lowest BCUT2D eigenvalue weighted by atomic mass is 10.0. The van der Waals surface area contributed by atoms with Crippen LogP contribution < -0.4 is 5.32 Å². The second-order valence-electron chi connectivity index (χ2n) is 7.91. The van der Waals surface area contributed by atoms with Gasteiger partial charge in [-0.3, -0.25) is 14.9 Å². The molecule has 0 saturated carbocycles. The molecule has 166 valence electrons. The van der Waals surface area contributed by atoms with Crippen LogP contribution in [0.25, 0.3) is 11.1 Å². The zero-order chi connectivity index (χ0) is 23.3. The van der Waals surface area contributed by atoms with E-state index in [2.05, 4.69) is 5.32 Å². The topological polar surface area (TPSA) is 108 Å². The van der Waals surface area contributed by atoms with E-state index >= 15 is 0 Å². The first-order valence-electron chi connectivity index (χ1n) is 9.54. The van der Waals surface area contributed by atoms with Crippen LogP contribution in [0, 0.1) is 15.9 Å². The van der Waals surface area contributed by atoms with Gasteiger partial charge in [0.1, 0.15) is 11.4 Å². The number of nitro benzene ring substituents is 1. The first-order valence-corrected chi connectivity index (χ1v) is 9.54. The average Bonchev–Trinajstić information content (AvgIpc) is 2.69. The maximum absolute atomic E-state index is 13.5. The Morgan fingerprint density at radius 3 is 2.32 bits per heavy atom. The van der Waals surface area contributed by atoms with Crippen molar-refractivity contribution in [3.05, 3.63) is 64.0 Å². The lowest BCUT2D eigenvalue weighted by Crippen LogP contribution is -2.51. The van der Waals surface area contributed by atoms with Gasteiger partial charge in [-0.25, -0.2) is 9.18 Å². The van der Waals surface area contributed by atoms with E-state index in [4.69, 9.17) is 9.47 Å². The van der Waals surface area contributed by atoms with Crippen LogP contribution in [0.5, 0.6) is 0 Å². The van der Waals surface area contributed by atoms with E-state index in [1.807, 2.05) is 0 Å². The molecular weight excluding hydrogens is 407 g/mol. The Bertz CT molecular complexity index is 986. The standard InChI is InChI=1S/C22H25FN2O6/c1-13(31-22(2,3)4)19(21(27)30-5)24-20(26)17-10-9-15(12-18(17)25(28)29)14-7-6-8-16(23)11-14/h6-13,19H,1-5H3,(H,24,26)/t13?,19-/m0/s1. The van der Waals surface area contributed by atoms with Crippen molar-refractivity contribution < 1.29 is 28.4 Å². The first kappa shape index (κ1) is 23.9. The molecule has 0 aliphatic rings. The van der Waals surface area contributed by atoms with Gasteiger partial charge in [-0.1, -0.05) is 18.2 Å². The van der Waals surface area contributed by atoms with E-state index in [-0.39, 0.29) is 5.56 Å². The van der Waals surface area contributed by atoms with E-state index in [1.165, 1.54) is 43.5 Å². The lowest BCUT2D eigenvalue weighted by Gasteiger charge is -2.29. The van der Waals surface area contributed by atoms with Crippen molar-refractivity contribution in [1.82, 2.24) is 5.32 Å². The third-order valence-electron chi connectivity index (χ3n) is 4.35. The summed E-state index contributed by atoms with van der Waals surface area (Å²) in [7, 11) is 1.17. The van der Waals surface area contributed by atoms with Crippen molar-refractivity contribution in [3.63, 3.8) is 0 Å². The quantitative estimate of drug-likeness (QED) is 0.404. The summed E-state index contributed by atoms with van der Waals surface area (Å²) < 4.78 is 24.0. The zero-order valence-corrected chi connectivity index (χ0v) is 18.0. The molecule has 0 saturated heterocycles. The van der Waals surface area contributed by atoms with Crippen molar-refractivity contribution in [3.8, 4) is 11.1 Å². The Morgan fingerprint density at radius 2 is 1.77 bits per heavy atom. The third-order valence-corrected chi connectivity index (χ3v) is 4.35. The minimum atomic E-state index is -1.18. The predicted molar refractivity (Wildman–Crippen MR) is 112 cm³/mol. The predicted octanol–water partition coefficient (Wildman–Crippen LogP) is 3.88. The van der Waals surface area contributed by atoms with Gasteiger partial charge in [0.2, 0.25) is 0 Å². The van der Waals surface area contributed by atoms with Gasteiger partial charge in [-0.2, -0.15) is 0 Å². The van der Waals surface area contributed by atoms with Crippen LogP contribution >= 0.6 is 0 Å². The number of halogens is 1. The van der Waals surface area contributed by atoms with E-state index < -0.39 is 46.1 Å². The highest BCUT2D eigenvalue weighted by Gasteiger charge is 2.33. The summed E-state index contributed by atoms with van der Waals surface area (Å²) >= 11 is 0. The normalized spacial score (nSPS) is 13.2. The number of benzene rings is 2. The largest absolute Gasteiger partial charge is 0.467 e. The van der Waals surface area contributed by atoms with Gasteiger partial charge in [0.05, 0.1) is 23.7 Å². The highest BCUT2D eigenvalue weighted by atomic mass is 19.1. The number of esters is 1. The Balaban J connectivity index is 2.38. The van der Waals surface area contributed by atoms with Crippen LogP contribution in [0.2, 0.25) is 0 Å². The average molecular weight is 432 g/mol. The zero-order valence-electron chi connectivity index (χ0n) is 18.0. The maximum atomic E-state index is 13.5. The molecule has 0 aliphatic heterocycles. The monoisotopic (exact) mass is 432 g/mol. The van der Waals surface area contributed by atoms with Crippen molar-refractivity contribution in [1.29, 1.82) is 0 Å². The number of carbonyl (C=O) groups is 2. The fourth-order valence-corrected chi connectivity index (χ4v) is 3.06. The molecular formula is C22H25FN2O6. The number of ether oxygens (including phenoxy) is 2. The maximum Gasteiger partial charge on any atom is 0.331 e. The fraction of sp³-hybridized carbons (Fsp3) is 0.364. The molecule has 0 spiro atoms. The molecule has 0 aromatic heterocycles. The summed E-state index contributed by atoms with van der Waals surface area (Å²) in [5.74, 6) is -2.07. The highest BCUT2D eigenvalue weighted by molar-refractivity contribution is 6.01. The summed E-state index contributed by atoms with van der Waals surface area (Å²) in [5, 5.41) is 14.1. The van der Waals surface area contributed by atoms with Crippen molar-refractivity contribution in [2.24, 2.45) is 0 Å². The van der Waals surface area contributed by atoms with Gasteiger partial charge in [0, 0.05) is 6.07 Å². The van der Waals surface area contributed by atoms with Crippen LogP contribution in [-0.4, -0.2) is 41.7 Å². The van der Waals surface area contributed by atoms with Crippen LogP contribution in [0.3, 0.4) is 0 Å². The minimum Gasteiger partial charge on any atom is -0.467 e. The SMILES string of the molecule is COC(=O)[C@@H](NC(=O)c1ccc(-c2cccc(F)c2)cc1[N+](=O)[O-])C(C)OC(C)(C)C. The molecule has 0 fully saturated rings. The Morgan fingerprint density at radius 1 is 1.13 bits per heavy atom. The number of methoxy groups -OCH3 is 1. The summed E-state index contributed by atoms with van der Waals surface area (Å²) in [5.41, 5.74) is -0.532. The number of nitro groups is 1. The Hall–Kier alpha value is -3.33. The highest BCUT2D eigenvalue weighted by Crippen LogP contribution is 2.28. The van der Waals surface area contributed by atoms with Gasteiger partial charge >= 0.3 is 5.97 Å². The summed E-state index contributed by atoms with van der Waals surface area (Å²) in [6.45, 7) is 6.95. The van der Waals surface area contributed by atoms with E-state index in [9.17, 15) is 24.1 Å².